The van der Waals surface area contributed by atoms with Crippen LogP contribution in [0.4, 0.5) is 0 Å². The smallest absolute Gasteiger partial charge is 0.267 e. The number of nitrogens with one attached hydrogen (secondary N) is 1. The maximum Gasteiger partial charge on any atom is 0.267 e. The summed E-state index contributed by atoms with van der Waals surface area (Å²) in [5, 5.41) is 3.58. The molecule has 0 bridgehead atoms. The van der Waals surface area contributed by atoms with E-state index in [-0.39, 0.29) is 5.91 Å². The van der Waals surface area contributed by atoms with Gasteiger partial charge in [0.05, 0.1) is 5.02 Å². The molecule has 0 saturated heterocycles. The van der Waals surface area contributed by atoms with E-state index >= 15 is 0 Å². The molecule has 0 aromatic carbocycles. The minimum absolute atomic E-state index is 0.0733. The molecule has 0 saturated carbocycles. The van der Waals surface area contributed by atoms with Crippen molar-refractivity contribution < 1.29 is 4.79 Å². The first kappa shape index (κ1) is 13.2. The van der Waals surface area contributed by atoms with E-state index in [1.807, 2.05) is 19.4 Å². The van der Waals surface area contributed by atoms with E-state index in [2.05, 4.69) is 14.9 Å². The monoisotopic (exact) mass is 292 g/mol. The molecule has 3 rings (SSSR count). The zero-order valence-corrected chi connectivity index (χ0v) is 12.1. The van der Waals surface area contributed by atoms with E-state index < -0.39 is 0 Å². The van der Waals surface area contributed by atoms with E-state index in [1.165, 1.54) is 0 Å². The fourth-order valence-electron chi connectivity index (χ4n) is 2.68. The molecule has 3 heterocycles. The Bertz CT molecular complexity index is 631. The van der Waals surface area contributed by atoms with Crippen molar-refractivity contribution in [1.82, 2.24) is 19.4 Å². The van der Waals surface area contributed by atoms with Crippen LogP contribution < -0.4 is 5.32 Å². The van der Waals surface area contributed by atoms with Gasteiger partial charge in [0.2, 0.25) is 0 Å². The van der Waals surface area contributed by atoms with E-state index in [4.69, 9.17) is 11.6 Å². The SMILES string of the molecule is Cn1cc(Cl)cc1C(=O)NC[C@@H]1CCc2nccn2C1. The largest absolute Gasteiger partial charge is 0.350 e. The lowest BCUT2D eigenvalue weighted by Gasteiger charge is -2.23. The highest BCUT2D eigenvalue weighted by molar-refractivity contribution is 6.31. The summed E-state index contributed by atoms with van der Waals surface area (Å²) in [5.74, 6) is 1.52. The number of halogens is 1. The summed E-state index contributed by atoms with van der Waals surface area (Å²) in [5.41, 5.74) is 0.592. The van der Waals surface area contributed by atoms with Crippen molar-refractivity contribution >= 4 is 17.5 Å². The van der Waals surface area contributed by atoms with Crippen molar-refractivity contribution in [3.8, 4) is 0 Å². The number of imidazole rings is 1. The van der Waals surface area contributed by atoms with Gasteiger partial charge in [0.25, 0.3) is 5.91 Å². The Labute approximate surface area is 122 Å². The average molecular weight is 293 g/mol. The lowest BCUT2D eigenvalue weighted by Crippen LogP contribution is -2.34. The van der Waals surface area contributed by atoms with Gasteiger partial charge in [-0.2, -0.15) is 0 Å². The highest BCUT2D eigenvalue weighted by atomic mass is 35.5. The molecule has 1 amide bonds. The van der Waals surface area contributed by atoms with Crippen LogP contribution in [0.25, 0.3) is 0 Å². The Morgan fingerprint density at radius 3 is 3.20 bits per heavy atom. The summed E-state index contributed by atoms with van der Waals surface area (Å²) in [7, 11) is 1.82. The summed E-state index contributed by atoms with van der Waals surface area (Å²) < 4.78 is 3.91. The van der Waals surface area contributed by atoms with E-state index in [0.717, 1.165) is 25.2 Å². The van der Waals surface area contributed by atoms with E-state index in [1.54, 1.807) is 16.8 Å². The molecule has 20 heavy (non-hydrogen) atoms. The Morgan fingerprint density at radius 1 is 1.60 bits per heavy atom. The molecule has 6 heteroatoms. The molecule has 106 valence electrons. The Morgan fingerprint density at radius 2 is 2.45 bits per heavy atom. The molecule has 1 atom stereocenters. The molecule has 2 aromatic rings. The second kappa shape index (κ2) is 5.32. The number of aryl methyl sites for hydroxylation is 2. The van der Waals surface area contributed by atoms with E-state index in [0.29, 0.717) is 23.2 Å². The van der Waals surface area contributed by atoms with Crippen molar-refractivity contribution in [2.24, 2.45) is 13.0 Å². The van der Waals surface area contributed by atoms with Crippen molar-refractivity contribution in [2.75, 3.05) is 6.54 Å². The summed E-state index contributed by atoms with van der Waals surface area (Å²) in [6.07, 6.45) is 7.60. The minimum atomic E-state index is -0.0733. The van der Waals surface area contributed by atoms with Crippen LogP contribution in [0, 0.1) is 5.92 Å². The number of carbonyl (C=O) groups excluding carboxylic acids is 1. The number of amides is 1. The van der Waals surface area contributed by atoms with Gasteiger partial charge >= 0.3 is 0 Å². The number of rotatable bonds is 3. The lowest BCUT2D eigenvalue weighted by molar-refractivity contribution is 0.0935. The van der Waals surface area contributed by atoms with Gasteiger partial charge in [0.15, 0.2) is 0 Å². The Balaban J connectivity index is 1.58. The molecule has 1 aliphatic heterocycles. The molecule has 0 aliphatic carbocycles. The zero-order valence-electron chi connectivity index (χ0n) is 11.3. The van der Waals surface area contributed by atoms with Crippen LogP contribution in [0.3, 0.4) is 0 Å². The average Bonchev–Trinajstić information content (AvgIpc) is 3.01. The number of hydrogen-bond donors (Lipinski definition) is 1. The lowest BCUT2D eigenvalue weighted by atomic mass is 9.99. The van der Waals surface area contributed by atoms with Gasteiger partial charge in [0, 0.05) is 45.1 Å². The summed E-state index contributed by atoms with van der Waals surface area (Å²) in [6.45, 7) is 1.60. The fraction of sp³-hybridized carbons (Fsp3) is 0.429. The highest BCUT2D eigenvalue weighted by Crippen LogP contribution is 2.18. The van der Waals surface area contributed by atoms with Crippen molar-refractivity contribution in [3.63, 3.8) is 0 Å². The second-order valence-electron chi connectivity index (χ2n) is 5.27. The third kappa shape index (κ3) is 2.58. The number of carbonyl (C=O) groups is 1. The third-order valence-corrected chi connectivity index (χ3v) is 4.00. The van der Waals surface area contributed by atoms with Gasteiger partial charge in [-0.15, -0.1) is 0 Å². The van der Waals surface area contributed by atoms with Gasteiger partial charge in [0.1, 0.15) is 11.5 Å². The first-order valence-electron chi connectivity index (χ1n) is 6.73. The van der Waals surface area contributed by atoms with Gasteiger partial charge in [-0.25, -0.2) is 4.98 Å². The topological polar surface area (TPSA) is 51.9 Å². The molecule has 1 aliphatic rings. The molecule has 2 aromatic heterocycles. The summed E-state index contributed by atoms with van der Waals surface area (Å²) >= 11 is 5.89. The van der Waals surface area contributed by atoms with Crippen LogP contribution in [0.15, 0.2) is 24.7 Å². The molecule has 5 nitrogen and oxygen atoms in total. The van der Waals surface area contributed by atoms with Crippen LogP contribution >= 0.6 is 11.6 Å². The molecular formula is C14H17ClN4O. The minimum Gasteiger partial charge on any atom is -0.350 e. The van der Waals surface area contributed by atoms with Gasteiger partial charge in [-0.3, -0.25) is 4.79 Å². The number of aromatic nitrogens is 3. The van der Waals surface area contributed by atoms with Crippen LogP contribution in [0.2, 0.25) is 5.02 Å². The fourth-order valence-corrected chi connectivity index (χ4v) is 2.93. The normalized spacial score (nSPS) is 17.8. The predicted molar refractivity (Wildman–Crippen MR) is 76.8 cm³/mol. The quantitative estimate of drug-likeness (QED) is 0.939. The van der Waals surface area contributed by atoms with Gasteiger partial charge in [-0.05, 0) is 18.4 Å². The number of nitrogens with zero attached hydrogens (tertiary/aromatic N) is 3. The maximum absolute atomic E-state index is 12.1. The second-order valence-corrected chi connectivity index (χ2v) is 5.70. The third-order valence-electron chi connectivity index (χ3n) is 3.79. The Hall–Kier alpha value is -1.75. The standard InChI is InChI=1S/C14H17ClN4O/c1-18-9-11(15)6-12(18)14(20)17-7-10-2-3-13-16-4-5-19(13)8-10/h4-6,9-10H,2-3,7-8H2,1H3,(H,17,20)/t10-/m0/s1. The highest BCUT2D eigenvalue weighted by Gasteiger charge is 2.20. The van der Waals surface area contributed by atoms with Crippen LogP contribution in [0.1, 0.15) is 22.7 Å². The zero-order chi connectivity index (χ0) is 14.1. The van der Waals surface area contributed by atoms with Crippen molar-refractivity contribution in [1.29, 1.82) is 0 Å². The van der Waals surface area contributed by atoms with Crippen LogP contribution in [-0.2, 0) is 20.0 Å². The van der Waals surface area contributed by atoms with Gasteiger partial charge in [-0.1, -0.05) is 11.6 Å². The van der Waals surface area contributed by atoms with Crippen LogP contribution in [-0.4, -0.2) is 26.6 Å². The molecule has 0 fully saturated rings. The Kier molecular flexibility index (Phi) is 3.53. The van der Waals surface area contributed by atoms with Gasteiger partial charge < -0.3 is 14.5 Å². The molecular weight excluding hydrogens is 276 g/mol. The first-order chi connectivity index (χ1) is 9.63. The number of hydrogen-bond acceptors (Lipinski definition) is 2. The van der Waals surface area contributed by atoms with Crippen molar-refractivity contribution in [3.05, 3.63) is 41.2 Å². The molecule has 0 unspecified atom stereocenters. The molecule has 0 radical (unpaired) electrons. The first-order valence-corrected chi connectivity index (χ1v) is 7.11. The van der Waals surface area contributed by atoms with Crippen LogP contribution in [0.5, 0.6) is 0 Å². The van der Waals surface area contributed by atoms with E-state index in [9.17, 15) is 4.79 Å². The summed E-state index contributed by atoms with van der Waals surface area (Å²) in [4.78, 5) is 16.4. The van der Waals surface area contributed by atoms with Crippen molar-refractivity contribution in [2.45, 2.75) is 19.4 Å². The summed E-state index contributed by atoms with van der Waals surface area (Å²) in [6, 6.07) is 1.69. The predicted octanol–water partition coefficient (Wildman–Crippen LogP) is 1.87. The molecule has 1 N–H and O–H groups in total. The molecule has 0 spiro atoms. The number of fused-ring (bicyclic) bond motifs is 1. The maximum atomic E-state index is 12.1.